The summed E-state index contributed by atoms with van der Waals surface area (Å²) in [6.45, 7) is 6.13. The normalized spacial score (nSPS) is 23.5. The van der Waals surface area contributed by atoms with Gasteiger partial charge in [0.05, 0.1) is 12.4 Å². The smallest absolute Gasteiger partial charge is 0.246 e. The van der Waals surface area contributed by atoms with Crippen LogP contribution in [-0.4, -0.2) is 73.7 Å². The zero-order chi connectivity index (χ0) is 18.8. The van der Waals surface area contributed by atoms with Crippen LogP contribution >= 0.6 is 11.8 Å². The van der Waals surface area contributed by atoms with Crippen molar-refractivity contribution in [2.45, 2.75) is 57.7 Å². The average Bonchev–Trinajstić information content (AvgIpc) is 3.35. The van der Waals surface area contributed by atoms with Crippen molar-refractivity contribution in [3.8, 4) is 0 Å². The third kappa shape index (κ3) is 3.71. The van der Waals surface area contributed by atoms with Gasteiger partial charge in [-0.25, -0.2) is 0 Å². The number of carbonyl (C=O) groups is 2. The van der Waals surface area contributed by atoms with Crippen molar-refractivity contribution in [3.05, 3.63) is 11.6 Å². The van der Waals surface area contributed by atoms with Crippen LogP contribution < -0.4 is 5.32 Å². The van der Waals surface area contributed by atoms with Gasteiger partial charge in [0.25, 0.3) is 0 Å². The minimum atomic E-state index is -0.280. The molecule has 1 unspecified atom stereocenters. The number of amides is 2. The molecule has 1 aromatic rings. The molecule has 0 aromatic carbocycles. The second kappa shape index (κ2) is 8.18. The van der Waals surface area contributed by atoms with Crippen molar-refractivity contribution in [1.82, 2.24) is 29.9 Å². The summed E-state index contributed by atoms with van der Waals surface area (Å²) in [5.41, 5.74) is 0. The Morgan fingerprint density at radius 3 is 2.81 bits per heavy atom. The Hall–Kier alpha value is -1.61. The average molecular weight is 393 g/mol. The summed E-state index contributed by atoms with van der Waals surface area (Å²) >= 11 is 1.68. The predicted molar refractivity (Wildman–Crippen MR) is 103 cm³/mol. The lowest BCUT2D eigenvalue weighted by molar-refractivity contribution is -0.144. The Bertz CT molecular complexity index is 700. The molecule has 0 spiro atoms. The quantitative estimate of drug-likeness (QED) is 0.816. The third-order valence-electron chi connectivity index (χ3n) is 5.77. The van der Waals surface area contributed by atoms with E-state index in [1.54, 1.807) is 16.7 Å². The molecule has 148 valence electrons. The fourth-order valence-electron chi connectivity index (χ4n) is 4.24. The number of carbonyl (C=O) groups excluding carboxylic acids is 2. The zero-order valence-corrected chi connectivity index (χ0v) is 16.7. The van der Waals surface area contributed by atoms with Crippen LogP contribution in [0.2, 0.25) is 0 Å². The number of fused-ring (bicyclic) bond motifs is 1. The fourth-order valence-corrected chi connectivity index (χ4v) is 5.41. The molecule has 2 amide bonds. The van der Waals surface area contributed by atoms with E-state index < -0.39 is 0 Å². The number of thioether (sulfide) groups is 1. The Morgan fingerprint density at radius 1 is 1.22 bits per heavy atom. The van der Waals surface area contributed by atoms with E-state index in [9.17, 15) is 9.59 Å². The van der Waals surface area contributed by atoms with Gasteiger partial charge in [0.15, 0.2) is 0 Å². The summed E-state index contributed by atoms with van der Waals surface area (Å²) in [6.07, 6.45) is 3.18. The van der Waals surface area contributed by atoms with E-state index in [4.69, 9.17) is 0 Å². The Morgan fingerprint density at radius 2 is 2.04 bits per heavy atom. The highest BCUT2D eigenvalue weighted by atomic mass is 32.2. The Balaban J connectivity index is 1.37. The molecule has 0 bridgehead atoms. The van der Waals surface area contributed by atoms with E-state index in [0.29, 0.717) is 18.2 Å². The molecule has 27 heavy (non-hydrogen) atoms. The second-order valence-electron chi connectivity index (χ2n) is 7.53. The van der Waals surface area contributed by atoms with Crippen LogP contribution in [0.25, 0.3) is 0 Å². The third-order valence-corrected chi connectivity index (χ3v) is 6.79. The van der Waals surface area contributed by atoms with E-state index in [1.165, 1.54) is 0 Å². The minimum Gasteiger partial charge on any atom is -0.341 e. The first-order chi connectivity index (χ1) is 13.2. The summed E-state index contributed by atoms with van der Waals surface area (Å²) in [5, 5.41) is 12.1. The van der Waals surface area contributed by atoms with Gasteiger partial charge in [-0.1, -0.05) is 6.92 Å². The number of hydrogen-bond donors (Lipinski definition) is 1. The molecule has 4 heterocycles. The molecule has 3 aliphatic heterocycles. The maximum atomic E-state index is 13.0. The van der Waals surface area contributed by atoms with Gasteiger partial charge in [0.2, 0.25) is 11.8 Å². The molecule has 0 saturated carbocycles. The first kappa shape index (κ1) is 18.7. The van der Waals surface area contributed by atoms with Crippen LogP contribution in [0.4, 0.5) is 0 Å². The molecule has 0 radical (unpaired) electrons. The van der Waals surface area contributed by atoms with E-state index in [2.05, 4.69) is 20.1 Å². The van der Waals surface area contributed by atoms with E-state index >= 15 is 0 Å². The highest BCUT2D eigenvalue weighted by Gasteiger charge is 2.38. The molecule has 0 aliphatic carbocycles. The number of aromatic nitrogens is 3. The number of likely N-dealkylation sites (tertiary alicyclic amines) is 1. The molecule has 2 fully saturated rings. The predicted octanol–water partition coefficient (Wildman–Crippen LogP) is 0.789. The van der Waals surface area contributed by atoms with Gasteiger partial charge in [0.1, 0.15) is 17.7 Å². The van der Waals surface area contributed by atoms with Crippen LogP contribution in [0.3, 0.4) is 0 Å². The maximum Gasteiger partial charge on any atom is 0.246 e. The van der Waals surface area contributed by atoms with Gasteiger partial charge in [-0.2, -0.15) is 0 Å². The molecule has 1 aromatic heterocycles. The molecular weight excluding hydrogens is 364 g/mol. The van der Waals surface area contributed by atoms with Crippen molar-refractivity contribution < 1.29 is 9.59 Å². The van der Waals surface area contributed by atoms with Gasteiger partial charge in [-0.3, -0.25) is 9.59 Å². The van der Waals surface area contributed by atoms with Gasteiger partial charge < -0.3 is 19.7 Å². The van der Waals surface area contributed by atoms with E-state index in [-0.39, 0.29) is 17.9 Å². The zero-order valence-electron chi connectivity index (χ0n) is 15.9. The van der Waals surface area contributed by atoms with Gasteiger partial charge in [0, 0.05) is 44.3 Å². The summed E-state index contributed by atoms with van der Waals surface area (Å²) in [6, 6.07) is -0.280. The lowest BCUT2D eigenvalue weighted by atomic mass is 9.95. The monoisotopic (exact) mass is 392 g/mol. The lowest BCUT2D eigenvalue weighted by Gasteiger charge is -2.35. The van der Waals surface area contributed by atoms with Crippen molar-refractivity contribution in [1.29, 1.82) is 0 Å². The fraction of sp³-hybridized carbons (Fsp3) is 0.778. The highest BCUT2D eigenvalue weighted by molar-refractivity contribution is 7.99. The van der Waals surface area contributed by atoms with Crippen molar-refractivity contribution >= 4 is 23.6 Å². The van der Waals surface area contributed by atoms with Gasteiger partial charge in [-0.15, -0.1) is 22.0 Å². The molecule has 4 rings (SSSR count). The van der Waals surface area contributed by atoms with Crippen molar-refractivity contribution in [2.24, 2.45) is 0 Å². The topological polar surface area (TPSA) is 83.4 Å². The molecule has 3 aliphatic rings. The summed E-state index contributed by atoms with van der Waals surface area (Å²) in [4.78, 5) is 29.1. The number of nitrogens with zero attached hydrogens (tertiary/aromatic N) is 5. The van der Waals surface area contributed by atoms with E-state index in [0.717, 1.165) is 69.4 Å². The lowest BCUT2D eigenvalue weighted by Crippen LogP contribution is -2.51. The SMILES string of the molecule is CCCC(=O)N1CSCC1C(=O)N1CCC(c2nnc3n2CCNC3)CC1. The largest absolute Gasteiger partial charge is 0.341 e. The van der Waals surface area contributed by atoms with Crippen LogP contribution in [0.1, 0.15) is 50.2 Å². The maximum absolute atomic E-state index is 13.0. The number of hydrogen-bond acceptors (Lipinski definition) is 6. The van der Waals surface area contributed by atoms with Crippen LogP contribution in [0.15, 0.2) is 0 Å². The first-order valence-electron chi connectivity index (χ1n) is 9.97. The summed E-state index contributed by atoms with van der Waals surface area (Å²) in [7, 11) is 0. The van der Waals surface area contributed by atoms with Crippen LogP contribution in [0.5, 0.6) is 0 Å². The van der Waals surface area contributed by atoms with Gasteiger partial charge >= 0.3 is 0 Å². The molecule has 1 atom stereocenters. The summed E-state index contributed by atoms with van der Waals surface area (Å²) in [5.74, 6) is 4.06. The van der Waals surface area contributed by atoms with Gasteiger partial charge in [-0.05, 0) is 19.3 Å². The van der Waals surface area contributed by atoms with E-state index in [1.807, 2.05) is 11.8 Å². The van der Waals surface area contributed by atoms with Crippen LogP contribution in [0, 0.1) is 0 Å². The van der Waals surface area contributed by atoms with Crippen molar-refractivity contribution in [3.63, 3.8) is 0 Å². The summed E-state index contributed by atoms with van der Waals surface area (Å²) < 4.78 is 2.25. The first-order valence-corrected chi connectivity index (χ1v) is 11.1. The number of piperidine rings is 1. The molecule has 8 nitrogen and oxygen atoms in total. The minimum absolute atomic E-state index is 0.111. The molecule has 1 N–H and O–H groups in total. The molecular formula is C18H28N6O2S. The molecule has 2 saturated heterocycles. The highest BCUT2D eigenvalue weighted by Crippen LogP contribution is 2.30. The molecule has 9 heteroatoms. The number of rotatable bonds is 4. The standard InChI is InChI=1S/C18H28N6O2S/c1-2-3-16(25)24-12-27-11-14(24)18(26)22-7-4-13(5-8-22)17-21-20-15-10-19-6-9-23(15)17/h13-14,19H,2-12H2,1H3. The van der Waals surface area contributed by atoms with Crippen LogP contribution in [-0.2, 0) is 22.7 Å². The Kier molecular flexibility index (Phi) is 5.68. The second-order valence-corrected chi connectivity index (χ2v) is 8.53. The van der Waals surface area contributed by atoms with Crippen molar-refractivity contribution in [2.75, 3.05) is 31.3 Å². The Labute approximate surface area is 164 Å². The number of nitrogens with one attached hydrogen (secondary N) is 1.